The first-order chi connectivity index (χ1) is 9.99. The molecule has 1 aliphatic heterocycles. The maximum Gasteiger partial charge on any atom is 0.277 e. The van der Waals surface area contributed by atoms with Crippen LogP contribution in [0.2, 0.25) is 0 Å². The molecule has 1 fully saturated rings. The molecule has 1 amide bonds. The summed E-state index contributed by atoms with van der Waals surface area (Å²) < 4.78 is 0. The van der Waals surface area contributed by atoms with Crippen molar-refractivity contribution in [3.05, 3.63) is 24.3 Å². The lowest BCUT2D eigenvalue weighted by Crippen LogP contribution is -3.15. The molecule has 1 aliphatic rings. The Hall–Kier alpha value is -1.75. The molecule has 5 nitrogen and oxygen atoms in total. The van der Waals surface area contributed by atoms with Crippen LogP contribution in [0.15, 0.2) is 24.3 Å². The number of carbonyl (C=O) groups is 1. The Morgan fingerprint density at radius 3 is 2.52 bits per heavy atom. The first-order valence-corrected chi connectivity index (χ1v) is 7.61. The fourth-order valence-corrected chi connectivity index (χ4v) is 2.60. The second kappa shape index (κ2) is 6.80. The van der Waals surface area contributed by atoms with Gasteiger partial charge in [0.1, 0.15) is 5.75 Å². The third kappa shape index (κ3) is 3.88. The van der Waals surface area contributed by atoms with Crippen molar-refractivity contribution in [2.24, 2.45) is 0 Å². The minimum Gasteiger partial charge on any atom is -0.506 e. The number of nitrogens with one attached hydrogen (secondary N) is 1. The van der Waals surface area contributed by atoms with E-state index in [1.54, 1.807) is 6.07 Å². The lowest BCUT2D eigenvalue weighted by molar-refractivity contribution is -0.892. The highest BCUT2D eigenvalue weighted by Crippen LogP contribution is 2.25. The number of phenolic OH excluding ortho intramolecular Hbond substituents is 1. The Morgan fingerprint density at radius 2 is 1.95 bits per heavy atom. The molecule has 21 heavy (non-hydrogen) atoms. The molecule has 2 N–H and O–H groups in total. The number of rotatable bonds is 4. The molecular formula is C16H26N3O2+. The summed E-state index contributed by atoms with van der Waals surface area (Å²) >= 11 is 0. The number of nitrogens with zero attached hydrogens (tertiary/aromatic N) is 2. The summed E-state index contributed by atoms with van der Waals surface area (Å²) in [6.45, 7) is 8.20. The third-order valence-electron chi connectivity index (χ3n) is 4.26. The van der Waals surface area contributed by atoms with E-state index < -0.39 is 0 Å². The first kappa shape index (κ1) is 15.6. The van der Waals surface area contributed by atoms with Gasteiger partial charge in [0.05, 0.1) is 31.9 Å². The normalized spacial score (nSPS) is 16.3. The summed E-state index contributed by atoms with van der Waals surface area (Å²) in [6, 6.07) is 7.68. The molecule has 0 spiro atoms. The van der Waals surface area contributed by atoms with Gasteiger partial charge in [-0.05, 0) is 26.0 Å². The topological polar surface area (TPSA) is 48.2 Å². The maximum atomic E-state index is 12.1. The SMILES string of the molecule is CC(C)N(C)C(=O)C[NH+]1CCN(c2ccccc2O)CC1. The highest BCUT2D eigenvalue weighted by Gasteiger charge is 2.25. The van der Waals surface area contributed by atoms with Crippen LogP contribution in [0.4, 0.5) is 5.69 Å². The van der Waals surface area contributed by atoms with Crippen LogP contribution in [-0.2, 0) is 4.79 Å². The van der Waals surface area contributed by atoms with E-state index in [0.29, 0.717) is 12.3 Å². The van der Waals surface area contributed by atoms with E-state index in [9.17, 15) is 9.90 Å². The summed E-state index contributed by atoms with van der Waals surface area (Å²) in [5.74, 6) is 0.535. The fourth-order valence-electron chi connectivity index (χ4n) is 2.60. The molecular weight excluding hydrogens is 266 g/mol. The zero-order chi connectivity index (χ0) is 15.4. The molecule has 1 aromatic rings. The second-order valence-electron chi connectivity index (χ2n) is 6.00. The predicted octanol–water partition coefficient (Wildman–Crippen LogP) is -0.0361. The van der Waals surface area contributed by atoms with Gasteiger partial charge in [-0.1, -0.05) is 12.1 Å². The molecule has 2 rings (SSSR count). The molecule has 0 saturated carbocycles. The van der Waals surface area contributed by atoms with Crippen LogP contribution in [0.1, 0.15) is 13.8 Å². The van der Waals surface area contributed by atoms with Crippen molar-refractivity contribution in [1.29, 1.82) is 0 Å². The number of phenols is 1. The summed E-state index contributed by atoms with van der Waals surface area (Å²) in [7, 11) is 1.87. The van der Waals surface area contributed by atoms with Crippen LogP contribution in [-0.4, -0.2) is 61.7 Å². The van der Waals surface area contributed by atoms with Crippen LogP contribution in [0.5, 0.6) is 5.75 Å². The van der Waals surface area contributed by atoms with Gasteiger partial charge in [0.2, 0.25) is 0 Å². The molecule has 1 aromatic carbocycles. The Labute approximate surface area is 126 Å². The van der Waals surface area contributed by atoms with Gasteiger partial charge in [-0.25, -0.2) is 0 Å². The zero-order valence-corrected chi connectivity index (χ0v) is 13.2. The monoisotopic (exact) mass is 292 g/mol. The summed E-state index contributed by atoms with van der Waals surface area (Å²) in [4.78, 5) is 17.4. The number of aromatic hydroxyl groups is 1. The van der Waals surface area contributed by atoms with Crippen molar-refractivity contribution < 1.29 is 14.8 Å². The van der Waals surface area contributed by atoms with Crippen molar-refractivity contribution >= 4 is 11.6 Å². The number of carbonyl (C=O) groups excluding carboxylic acids is 1. The third-order valence-corrected chi connectivity index (χ3v) is 4.26. The van der Waals surface area contributed by atoms with Gasteiger partial charge in [0.25, 0.3) is 5.91 Å². The number of para-hydroxylation sites is 2. The number of benzene rings is 1. The van der Waals surface area contributed by atoms with Gasteiger partial charge in [0, 0.05) is 13.1 Å². The fraction of sp³-hybridized carbons (Fsp3) is 0.562. The molecule has 1 heterocycles. The lowest BCUT2D eigenvalue weighted by Gasteiger charge is -2.34. The Kier molecular flexibility index (Phi) is 5.07. The number of piperazine rings is 1. The van der Waals surface area contributed by atoms with Crippen LogP contribution in [0.3, 0.4) is 0 Å². The minimum absolute atomic E-state index is 0.205. The number of amides is 1. The van der Waals surface area contributed by atoms with E-state index in [2.05, 4.69) is 4.90 Å². The van der Waals surface area contributed by atoms with E-state index in [1.165, 1.54) is 4.90 Å². The number of hydrogen-bond donors (Lipinski definition) is 2. The van der Waals surface area contributed by atoms with Crippen molar-refractivity contribution in [1.82, 2.24) is 4.90 Å². The van der Waals surface area contributed by atoms with Gasteiger partial charge in [0.15, 0.2) is 6.54 Å². The standard InChI is InChI=1S/C16H25N3O2/c1-13(2)17(3)16(21)12-18-8-10-19(11-9-18)14-6-4-5-7-15(14)20/h4-7,13,20H,8-12H2,1-3H3/p+1. The van der Waals surface area contributed by atoms with Gasteiger partial charge >= 0.3 is 0 Å². The Bertz CT molecular complexity index is 482. The molecule has 0 aliphatic carbocycles. The van der Waals surface area contributed by atoms with Crippen molar-refractivity contribution in [2.75, 3.05) is 44.7 Å². The largest absolute Gasteiger partial charge is 0.506 e. The van der Waals surface area contributed by atoms with Crippen LogP contribution >= 0.6 is 0 Å². The Morgan fingerprint density at radius 1 is 1.33 bits per heavy atom. The summed E-state index contributed by atoms with van der Waals surface area (Å²) in [5, 5.41) is 9.90. The molecule has 116 valence electrons. The quantitative estimate of drug-likeness (QED) is 0.819. The molecule has 0 aromatic heterocycles. The van der Waals surface area contributed by atoms with Crippen LogP contribution in [0, 0.1) is 0 Å². The van der Waals surface area contributed by atoms with Gasteiger partial charge < -0.3 is 19.8 Å². The minimum atomic E-state index is 0.205. The molecule has 1 saturated heterocycles. The molecule has 0 atom stereocenters. The van der Waals surface area contributed by atoms with E-state index in [4.69, 9.17) is 0 Å². The molecule has 0 unspecified atom stereocenters. The number of quaternary nitrogens is 1. The van der Waals surface area contributed by atoms with Crippen LogP contribution in [0.25, 0.3) is 0 Å². The number of anilines is 1. The highest BCUT2D eigenvalue weighted by atomic mass is 16.3. The van der Waals surface area contributed by atoms with Gasteiger partial charge in [-0.2, -0.15) is 0 Å². The molecule has 0 bridgehead atoms. The zero-order valence-electron chi connectivity index (χ0n) is 13.2. The lowest BCUT2D eigenvalue weighted by atomic mass is 10.2. The Balaban J connectivity index is 1.86. The van der Waals surface area contributed by atoms with Crippen LogP contribution < -0.4 is 9.80 Å². The highest BCUT2D eigenvalue weighted by molar-refractivity contribution is 5.77. The second-order valence-corrected chi connectivity index (χ2v) is 6.00. The van der Waals surface area contributed by atoms with Gasteiger partial charge in [-0.3, -0.25) is 4.79 Å². The summed E-state index contributed by atoms with van der Waals surface area (Å²) in [5.41, 5.74) is 0.891. The average molecular weight is 292 g/mol. The van der Waals surface area contributed by atoms with Gasteiger partial charge in [-0.15, -0.1) is 0 Å². The average Bonchev–Trinajstić information content (AvgIpc) is 2.47. The number of hydrogen-bond acceptors (Lipinski definition) is 3. The van der Waals surface area contributed by atoms with Crippen molar-refractivity contribution in [3.8, 4) is 5.75 Å². The maximum absolute atomic E-state index is 12.1. The smallest absolute Gasteiger partial charge is 0.277 e. The molecule has 0 radical (unpaired) electrons. The van der Waals surface area contributed by atoms with Crippen molar-refractivity contribution in [2.45, 2.75) is 19.9 Å². The van der Waals surface area contributed by atoms with Crippen molar-refractivity contribution in [3.63, 3.8) is 0 Å². The van der Waals surface area contributed by atoms with E-state index in [-0.39, 0.29) is 11.9 Å². The summed E-state index contributed by atoms with van der Waals surface area (Å²) in [6.07, 6.45) is 0. The van der Waals surface area contributed by atoms with E-state index >= 15 is 0 Å². The predicted molar refractivity (Wildman–Crippen MR) is 83.8 cm³/mol. The first-order valence-electron chi connectivity index (χ1n) is 7.61. The van der Waals surface area contributed by atoms with E-state index in [1.807, 2.05) is 44.0 Å². The number of likely N-dealkylation sites (N-methyl/N-ethyl adjacent to an activating group) is 1. The molecule has 5 heteroatoms. The van der Waals surface area contributed by atoms with E-state index in [0.717, 1.165) is 31.9 Å².